The minimum Gasteiger partial charge on any atom is -0.309 e. The Morgan fingerprint density at radius 3 is 1.47 bits per heavy atom. The third-order valence-corrected chi connectivity index (χ3v) is 9.63. The molecule has 0 N–H and O–H groups in total. The first kappa shape index (κ1) is 28.8. The second-order valence-corrected chi connectivity index (χ2v) is 12.5. The Morgan fingerprint density at radius 1 is 0.286 bits per heavy atom. The van der Waals surface area contributed by atoms with E-state index in [4.69, 9.17) is 0 Å². The van der Waals surface area contributed by atoms with Gasteiger partial charge >= 0.3 is 0 Å². The van der Waals surface area contributed by atoms with Crippen molar-refractivity contribution in [2.75, 3.05) is 4.90 Å². The van der Waals surface area contributed by atoms with Gasteiger partial charge in [0.05, 0.1) is 11.4 Å². The topological polar surface area (TPSA) is 3.24 Å². The minimum absolute atomic E-state index is 1.11. The van der Waals surface area contributed by atoms with Crippen LogP contribution in [0.15, 0.2) is 200 Å². The average molecular weight is 624 g/mol. The molecule has 49 heavy (non-hydrogen) atoms. The van der Waals surface area contributed by atoms with Crippen LogP contribution in [0.25, 0.3) is 65.7 Å². The first-order valence-corrected chi connectivity index (χ1v) is 16.9. The van der Waals surface area contributed by atoms with Gasteiger partial charge in [0.15, 0.2) is 0 Å². The van der Waals surface area contributed by atoms with Crippen LogP contribution < -0.4 is 4.90 Å². The van der Waals surface area contributed by atoms with Gasteiger partial charge in [0.25, 0.3) is 0 Å². The van der Waals surface area contributed by atoms with E-state index in [0.717, 1.165) is 11.4 Å². The van der Waals surface area contributed by atoms with E-state index in [9.17, 15) is 0 Å². The van der Waals surface area contributed by atoms with Crippen molar-refractivity contribution < 1.29 is 0 Å². The molecule has 9 aromatic carbocycles. The number of hydrogen-bond donors (Lipinski definition) is 0. The molecule has 0 aliphatic rings. The van der Waals surface area contributed by atoms with Crippen molar-refractivity contribution >= 4 is 49.4 Å². The monoisotopic (exact) mass is 623 g/mol. The fourth-order valence-corrected chi connectivity index (χ4v) is 7.35. The van der Waals surface area contributed by atoms with Crippen LogP contribution in [0.2, 0.25) is 0 Å². The van der Waals surface area contributed by atoms with Crippen molar-refractivity contribution in [3.05, 3.63) is 200 Å². The van der Waals surface area contributed by atoms with Gasteiger partial charge in [-0.3, -0.25) is 0 Å². The van der Waals surface area contributed by atoms with Crippen LogP contribution in [0.4, 0.5) is 17.1 Å². The number of benzene rings is 9. The Hall–Kier alpha value is -6.44. The predicted molar refractivity (Wildman–Crippen MR) is 210 cm³/mol. The molecular formula is C48H33N. The Kier molecular flexibility index (Phi) is 7.22. The zero-order chi connectivity index (χ0) is 32.6. The zero-order valence-corrected chi connectivity index (χ0v) is 27.0. The van der Waals surface area contributed by atoms with Crippen molar-refractivity contribution in [2.45, 2.75) is 0 Å². The van der Waals surface area contributed by atoms with E-state index >= 15 is 0 Å². The summed E-state index contributed by atoms with van der Waals surface area (Å²) in [4.78, 5) is 2.50. The summed E-state index contributed by atoms with van der Waals surface area (Å²) in [6.45, 7) is 0. The van der Waals surface area contributed by atoms with Crippen molar-refractivity contribution in [1.82, 2.24) is 0 Å². The van der Waals surface area contributed by atoms with Gasteiger partial charge in [-0.1, -0.05) is 182 Å². The molecule has 1 heteroatoms. The van der Waals surface area contributed by atoms with Gasteiger partial charge in [0, 0.05) is 22.0 Å². The number of fused-ring (bicyclic) bond motifs is 4. The number of anilines is 3. The van der Waals surface area contributed by atoms with Gasteiger partial charge in [-0.2, -0.15) is 0 Å². The molecule has 0 saturated carbocycles. The van der Waals surface area contributed by atoms with Crippen LogP contribution in [-0.2, 0) is 0 Å². The summed E-state index contributed by atoms with van der Waals surface area (Å²) in [5.41, 5.74) is 10.6. The van der Waals surface area contributed by atoms with Crippen molar-refractivity contribution in [3.8, 4) is 33.4 Å². The summed E-state index contributed by atoms with van der Waals surface area (Å²) in [5, 5.41) is 7.34. The van der Waals surface area contributed by atoms with Gasteiger partial charge in [0.1, 0.15) is 0 Å². The molecule has 0 fully saturated rings. The Bertz CT molecular complexity index is 2580. The fourth-order valence-electron chi connectivity index (χ4n) is 7.35. The van der Waals surface area contributed by atoms with E-state index in [1.807, 2.05) is 0 Å². The molecular weight excluding hydrogens is 591 g/mol. The van der Waals surface area contributed by atoms with Crippen LogP contribution in [0, 0.1) is 0 Å². The Morgan fingerprint density at radius 2 is 0.755 bits per heavy atom. The van der Waals surface area contributed by atoms with E-state index in [2.05, 4.69) is 205 Å². The molecule has 0 saturated heterocycles. The van der Waals surface area contributed by atoms with Crippen LogP contribution in [-0.4, -0.2) is 0 Å². The summed E-state index contributed by atoms with van der Waals surface area (Å²) in [7, 11) is 0. The molecule has 1 nitrogen and oxygen atoms in total. The van der Waals surface area contributed by atoms with E-state index in [1.54, 1.807) is 0 Å². The number of nitrogens with zero attached hydrogens (tertiary/aromatic N) is 1. The molecule has 0 atom stereocenters. The van der Waals surface area contributed by atoms with Crippen LogP contribution in [0.3, 0.4) is 0 Å². The van der Waals surface area contributed by atoms with Crippen LogP contribution in [0.1, 0.15) is 0 Å². The van der Waals surface area contributed by atoms with Gasteiger partial charge in [-0.15, -0.1) is 0 Å². The van der Waals surface area contributed by atoms with Crippen LogP contribution in [0.5, 0.6) is 0 Å². The summed E-state index contributed by atoms with van der Waals surface area (Å²) in [5.74, 6) is 0. The third-order valence-electron chi connectivity index (χ3n) is 9.63. The van der Waals surface area contributed by atoms with Gasteiger partial charge < -0.3 is 4.90 Å². The maximum atomic E-state index is 2.50. The predicted octanol–water partition coefficient (Wildman–Crippen LogP) is 13.6. The largest absolute Gasteiger partial charge is 0.309 e. The Labute approximate surface area is 287 Å². The molecule has 0 amide bonds. The second kappa shape index (κ2) is 12.3. The number of rotatable bonds is 6. The summed E-state index contributed by atoms with van der Waals surface area (Å²) in [6.07, 6.45) is 0. The summed E-state index contributed by atoms with van der Waals surface area (Å²) in [6, 6.07) is 72.5. The van der Waals surface area contributed by atoms with E-state index < -0.39 is 0 Å². The molecule has 9 aromatic rings. The molecule has 230 valence electrons. The van der Waals surface area contributed by atoms with E-state index in [-0.39, 0.29) is 0 Å². The van der Waals surface area contributed by atoms with E-state index in [1.165, 1.54) is 71.4 Å². The SMILES string of the molecule is c1ccc(-c2ccc(-c3c(N(c4cccc(-c5ccccc5)c4)c4cccc5ccccc45)c4ccccc4c4ccccc34)cc2)cc1. The maximum Gasteiger partial charge on any atom is 0.0625 e. The highest BCUT2D eigenvalue weighted by molar-refractivity contribution is 6.23. The highest BCUT2D eigenvalue weighted by Gasteiger charge is 2.25. The van der Waals surface area contributed by atoms with Gasteiger partial charge in [-0.05, 0) is 67.6 Å². The maximum absolute atomic E-state index is 2.50. The lowest BCUT2D eigenvalue weighted by Gasteiger charge is -2.32. The molecule has 0 aromatic heterocycles. The highest BCUT2D eigenvalue weighted by atomic mass is 15.1. The highest BCUT2D eigenvalue weighted by Crippen LogP contribution is 2.51. The number of hydrogen-bond acceptors (Lipinski definition) is 1. The van der Waals surface area contributed by atoms with Crippen molar-refractivity contribution in [3.63, 3.8) is 0 Å². The van der Waals surface area contributed by atoms with Gasteiger partial charge in [-0.25, -0.2) is 0 Å². The summed E-state index contributed by atoms with van der Waals surface area (Å²) < 4.78 is 0. The summed E-state index contributed by atoms with van der Waals surface area (Å²) >= 11 is 0. The third kappa shape index (κ3) is 5.13. The lowest BCUT2D eigenvalue weighted by molar-refractivity contribution is 1.32. The molecule has 0 unspecified atom stereocenters. The fraction of sp³-hybridized carbons (Fsp3) is 0. The first-order chi connectivity index (χ1) is 24.3. The Balaban J connectivity index is 1.40. The minimum atomic E-state index is 1.11. The first-order valence-electron chi connectivity index (χ1n) is 16.9. The van der Waals surface area contributed by atoms with E-state index in [0.29, 0.717) is 0 Å². The molecule has 0 aliphatic carbocycles. The lowest BCUT2D eigenvalue weighted by Crippen LogP contribution is -2.13. The van der Waals surface area contributed by atoms with Gasteiger partial charge in [0.2, 0.25) is 0 Å². The molecule has 0 aliphatic heterocycles. The second-order valence-electron chi connectivity index (χ2n) is 12.5. The molecule has 0 heterocycles. The zero-order valence-electron chi connectivity index (χ0n) is 27.0. The smallest absolute Gasteiger partial charge is 0.0625 e. The molecule has 0 bridgehead atoms. The van der Waals surface area contributed by atoms with Crippen molar-refractivity contribution in [2.24, 2.45) is 0 Å². The molecule has 0 spiro atoms. The average Bonchev–Trinajstić information content (AvgIpc) is 3.19. The van der Waals surface area contributed by atoms with Crippen LogP contribution >= 0.6 is 0 Å². The lowest BCUT2D eigenvalue weighted by atomic mass is 9.89. The quantitative estimate of drug-likeness (QED) is 0.167. The normalized spacial score (nSPS) is 11.3. The molecule has 9 rings (SSSR count). The standard InChI is InChI=1S/C48H33N/c1-3-15-34(16-4-1)36-29-31-38(32-30-36)47-44-26-11-9-24-42(44)43-25-10-12-27-45(43)48(47)49(46-28-14-20-37-19-7-8-23-41(37)46)40-22-13-21-39(33-40)35-17-5-2-6-18-35/h1-33H. The van der Waals surface area contributed by atoms with Crippen molar-refractivity contribution in [1.29, 1.82) is 0 Å². The molecule has 0 radical (unpaired) electrons.